The Bertz CT molecular complexity index is 557. The normalized spacial score (nSPS) is 12.6. The summed E-state index contributed by atoms with van der Waals surface area (Å²) in [7, 11) is 0. The molecule has 6 heteroatoms. The van der Waals surface area contributed by atoms with Crippen molar-refractivity contribution in [3.8, 4) is 0 Å². The van der Waals surface area contributed by atoms with Crippen molar-refractivity contribution in [3.05, 3.63) is 54.5 Å². The third kappa shape index (κ3) is 3.38. The van der Waals surface area contributed by atoms with Crippen molar-refractivity contribution in [2.75, 3.05) is 0 Å². The number of hydrogen-bond acceptors (Lipinski definition) is 5. The third-order valence-corrected chi connectivity index (χ3v) is 1.95. The summed E-state index contributed by atoms with van der Waals surface area (Å²) in [5, 5.41) is 7.58. The molecule has 0 spiro atoms. The average molecular weight is 241 g/mol. The van der Waals surface area contributed by atoms with Gasteiger partial charge in [-0.2, -0.15) is 5.10 Å². The van der Waals surface area contributed by atoms with Crippen LogP contribution in [0.3, 0.4) is 0 Å². The van der Waals surface area contributed by atoms with E-state index in [0.29, 0.717) is 5.69 Å². The van der Waals surface area contributed by atoms with Crippen molar-refractivity contribution in [1.82, 2.24) is 9.97 Å². The second-order valence-electron chi connectivity index (χ2n) is 3.21. The number of rotatable bonds is 4. The van der Waals surface area contributed by atoms with Gasteiger partial charge in [0.05, 0.1) is 12.5 Å². The first-order valence-corrected chi connectivity index (χ1v) is 5.19. The molecule has 2 N–H and O–H groups in total. The number of nitrogens with zero attached hydrogens (tertiary/aromatic N) is 4. The molecule has 0 saturated carbocycles. The molecule has 0 aliphatic heterocycles. The van der Waals surface area contributed by atoms with Crippen molar-refractivity contribution in [1.29, 1.82) is 0 Å². The molecule has 0 unspecified atom stereocenters. The molecular weight excluding hydrogens is 230 g/mol. The molecule has 2 heterocycles. The van der Waals surface area contributed by atoms with Crippen LogP contribution in [0, 0.1) is 0 Å². The van der Waals surface area contributed by atoms with Crippen LogP contribution in [-0.4, -0.2) is 22.0 Å². The van der Waals surface area contributed by atoms with Crippen LogP contribution in [0.4, 0.5) is 0 Å². The molecule has 0 aromatic carbocycles. The molecule has 18 heavy (non-hydrogen) atoms. The van der Waals surface area contributed by atoms with Crippen LogP contribution < -0.4 is 5.73 Å². The van der Waals surface area contributed by atoms with E-state index >= 15 is 0 Å². The minimum absolute atomic E-state index is 0.214. The molecule has 0 radical (unpaired) electrons. The largest absolute Gasteiger partial charge is 0.465 e. The van der Waals surface area contributed by atoms with Gasteiger partial charge in [-0.05, 0) is 24.3 Å². The first kappa shape index (κ1) is 11.7. The summed E-state index contributed by atoms with van der Waals surface area (Å²) >= 11 is 0. The summed E-state index contributed by atoms with van der Waals surface area (Å²) in [6, 6.07) is 3.64. The fourth-order valence-electron chi connectivity index (χ4n) is 1.14. The lowest BCUT2D eigenvalue weighted by atomic mass is 10.4. The first-order chi connectivity index (χ1) is 8.86. The summed E-state index contributed by atoms with van der Waals surface area (Å²) in [4.78, 5) is 7.88. The molecule has 0 saturated heterocycles. The van der Waals surface area contributed by atoms with Crippen molar-refractivity contribution < 1.29 is 4.42 Å². The quantitative estimate of drug-likeness (QED) is 0.498. The molecule has 0 bridgehead atoms. The van der Waals surface area contributed by atoms with Crippen LogP contribution in [-0.2, 0) is 0 Å². The summed E-state index contributed by atoms with van der Waals surface area (Å²) in [5.41, 5.74) is 6.15. The van der Waals surface area contributed by atoms with E-state index < -0.39 is 0 Å². The van der Waals surface area contributed by atoms with E-state index in [1.54, 1.807) is 30.7 Å². The van der Waals surface area contributed by atoms with Gasteiger partial charge in [-0.3, -0.25) is 4.98 Å². The van der Waals surface area contributed by atoms with Gasteiger partial charge in [-0.25, -0.2) is 4.98 Å². The Balaban J connectivity index is 1.94. The van der Waals surface area contributed by atoms with E-state index in [4.69, 9.17) is 10.2 Å². The first-order valence-electron chi connectivity index (χ1n) is 5.19. The number of furan rings is 1. The molecule has 2 aromatic rings. The van der Waals surface area contributed by atoms with Crippen molar-refractivity contribution in [3.63, 3.8) is 0 Å². The Morgan fingerprint density at radius 1 is 1.39 bits per heavy atom. The lowest BCUT2D eigenvalue weighted by Gasteiger charge is -1.94. The van der Waals surface area contributed by atoms with Crippen LogP contribution >= 0.6 is 0 Å². The van der Waals surface area contributed by atoms with Gasteiger partial charge in [0.25, 0.3) is 0 Å². The Morgan fingerprint density at radius 2 is 2.33 bits per heavy atom. The molecule has 2 rings (SSSR count). The summed E-state index contributed by atoms with van der Waals surface area (Å²) in [6.45, 7) is 0. The third-order valence-electron chi connectivity index (χ3n) is 1.95. The zero-order chi connectivity index (χ0) is 12.6. The number of allylic oxidation sites excluding steroid dienone is 1. The Kier molecular flexibility index (Phi) is 3.97. The molecule has 6 nitrogen and oxygen atoms in total. The van der Waals surface area contributed by atoms with Gasteiger partial charge in [0, 0.05) is 18.6 Å². The molecule has 90 valence electrons. The molecule has 2 aromatic heterocycles. The lowest BCUT2D eigenvalue weighted by molar-refractivity contribution is 0.557. The maximum Gasteiger partial charge on any atom is 0.173 e. The average Bonchev–Trinajstić information content (AvgIpc) is 2.92. The summed E-state index contributed by atoms with van der Waals surface area (Å²) in [5.74, 6) is 0.957. The van der Waals surface area contributed by atoms with E-state index in [-0.39, 0.29) is 5.84 Å². The molecule has 0 aliphatic carbocycles. The van der Waals surface area contributed by atoms with Gasteiger partial charge < -0.3 is 10.2 Å². The van der Waals surface area contributed by atoms with E-state index in [9.17, 15) is 0 Å². The zero-order valence-electron chi connectivity index (χ0n) is 9.47. The zero-order valence-corrected chi connectivity index (χ0v) is 9.47. The summed E-state index contributed by atoms with van der Waals surface area (Å²) in [6.07, 6.45) is 11.2. The van der Waals surface area contributed by atoms with Gasteiger partial charge in [0.15, 0.2) is 5.84 Å². The lowest BCUT2D eigenvalue weighted by Crippen LogP contribution is -2.14. The fraction of sp³-hybridized carbons (Fsp3) is 0. The van der Waals surface area contributed by atoms with Crippen LogP contribution in [0.25, 0.3) is 6.08 Å². The van der Waals surface area contributed by atoms with E-state index in [0.717, 1.165) is 5.76 Å². The molecular formula is C12H11N5O. The number of hydrogen-bond donors (Lipinski definition) is 1. The Morgan fingerprint density at radius 3 is 3.06 bits per heavy atom. The smallest absolute Gasteiger partial charge is 0.173 e. The van der Waals surface area contributed by atoms with Crippen molar-refractivity contribution in [2.24, 2.45) is 15.9 Å². The number of aromatic nitrogens is 2. The van der Waals surface area contributed by atoms with Gasteiger partial charge in [0.2, 0.25) is 0 Å². The Labute approximate surface area is 104 Å². The molecule has 0 atom stereocenters. The highest BCUT2D eigenvalue weighted by Gasteiger charge is 1.96. The van der Waals surface area contributed by atoms with Gasteiger partial charge in [0.1, 0.15) is 11.5 Å². The minimum Gasteiger partial charge on any atom is -0.465 e. The maximum absolute atomic E-state index is 5.66. The second-order valence-corrected chi connectivity index (χ2v) is 3.21. The van der Waals surface area contributed by atoms with Crippen molar-refractivity contribution >= 4 is 18.1 Å². The van der Waals surface area contributed by atoms with E-state index in [2.05, 4.69) is 20.2 Å². The molecule has 0 aliphatic rings. The van der Waals surface area contributed by atoms with Crippen LogP contribution in [0.5, 0.6) is 0 Å². The Hall–Kier alpha value is -2.76. The van der Waals surface area contributed by atoms with Crippen LogP contribution in [0.1, 0.15) is 11.5 Å². The van der Waals surface area contributed by atoms with E-state index in [1.165, 1.54) is 18.6 Å². The highest BCUT2D eigenvalue weighted by Crippen LogP contribution is 2.00. The topological polar surface area (TPSA) is 89.7 Å². The predicted molar refractivity (Wildman–Crippen MR) is 69.0 cm³/mol. The standard InChI is InChI=1S/C12H11N5O/c13-12(11-9-14-6-7-15-11)17-16-5-1-3-10-4-2-8-18-10/h1-9H,(H2,13,17)/b3-1+,16-5+. The van der Waals surface area contributed by atoms with Gasteiger partial charge in [-0.15, -0.1) is 5.10 Å². The van der Waals surface area contributed by atoms with Gasteiger partial charge >= 0.3 is 0 Å². The fourth-order valence-corrected chi connectivity index (χ4v) is 1.14. The predicted octanol–water partition coefficient (Wildman–Crippen LogP) is 1.47. The highest BCUT2D eigenvalue weighted by atomic mass is 16.3. The number of nitrogens with two attached hydrogens (primary N) is 1. The summed E-state index contributed by atoms with van der Waals surface area (Å²) < 4.78 is 5.10. The maximum atomic E-state index is 5.66. The monoisotopic (exact) mass is 241 g/mol. The minimum atomic E-state index is 0.214. The van der Waals surface area contributed by atoms with Crippen molar-refractivity contribution in [2.45, 2.75) is 0 Å². The second kappa shape index (κ2) is 6.09. The van der Waals surface area contributed by atoms with Crippen LogP contribution in [0.2, 0.25) is 0 Å². The molecule has 0 amide bonds. The van der Waals surface area contributed by atoms with E-state index in [1.807, 2.05) is 6.07 Å². The molecule has 0 fully saturated rings. The highest BCUT2D eigenvalue weighted by molar-refractivity contribution is 5.95. The van der Waals surface area contributed by atoms with Crippen LogP contribution in [0.15, 0.2) is 57.7 Å². The SMILES string of the molecule is N\C(=N/N=C/C=C/c1ccco1)c1cnccn1. The number of amidine groups is 1. The van der Waals surface area contributed by atoms with Gasteiger partial charge in [-0.1, -0.05) is 0 Å².